The highest BCUT2D eigenvalue weighted by Gasteiger charge is 2.37. The van der Waals surface area contributed by atoms with Gasteiger partial charge in [0.15, 0.2) is 6.61 Å². The van der Waals surface area contributed by atoms with Gasteiger partial charge in [0.25, 0.3) is 5.91 Å². The fourth-order valence-corrected chi connectivity index (χ4v) is 3.37. The van der Waals surface area contributed by atoms with Crippen molar-refractivity contribution in [1.82, 2.24) is 0 Å². The molecule has 0 saturated carbocycles. The lowest BCUT2D eigenvalue weighted by Crippen LogP contribution is -2.28. The van der Waals surface area contributed by atoms with Gasteiger partial charge in [0, 0.05) is 18.7 Å². The Kier molecular flexibility index (Phi) is 8.01. The molecule has 1 aliphatic rings. The molecule has 0 aromatic heterocycles. The van der Waals surface area contributed by atoms with E-state index >= 15 is 0 Å². The number of ether oxygens (including phenoxy) is 3. The Morgan fingerprint density at radius 1 is 1.06 bits per heavy atom. The van der Waals surface area contributed by atoms with Crippen molar-refractivity contribution in [2.45, 2.75) is 19.8 Å². The molecule has 3 rings (SSSR count). The summed E-state index contributed by atoms with van der Waals surface area (Å²) in [5.41, 5.74) is 1.40. The van der Waals surface area contributed by atoms with Crippen LogP contribution in [0.3, 0.4) is 0 Å². The van der Waals surface area contributed by atoms with Crippen LogP contribution in [0.2, 0.25) is 0 Å². The van der Waals surface area contributed by atoms with Crippen molar-refractivity contribution in [3.8, 4) is 5.75 Å². The van der Waals surface area contributed by atoms with Gasteiger partial charge in [0.1, 0.15) is 5.75 Å². The van der Waals surface area contributed by atoms with Crippen LogP contribution >= 0.6 is 0 Å². The summed E-state index contributed by atoms with van der Waals surface area (Å²) in [6, 6.07) is 13.2. The number of nitrogens with zero attached hydrogens (tertiary/aromatic N) is 1. The summed E-state index contributed by atoms with van der Waals surface area (Å²) in [5, 5.41) is 2.59. The molecule has 9 heteroatoms. The summed E-state index contributed by atoms with van der Waals surface area (Å²) in [5.74, 6) is -1.95. The Labute approximate surface area is 191 Å². The Bertz CT molecular complexity index is 1020. The monoisotopic (exact) mass is 454 g/mol. The first-order chi connectivity index (χ1) is 15.9. The molecule has 0 unspecified atom stereocenters. The summed E-state index contributed by atoms with van der Waals surface area (Å²) in [4.78, 5) is 50.3. The molecule has 1 atom stereocenters. The van der Waals surface area contributed by atoms with Gasteiger partial charge in [0.2, 0.25) is 5.91 Å². The van der Waals surface area contributed by atoms with Crippen LogP contribution in [-0.4, -0.2) is 50.6 Å². The summed E-state index contributed by atoms with van der Waals surface area (Å²) < 4.78 is 15.5. The summed E-state index contributed by atoms with van der Waals surface area (Å²) >= 11 is 0. The highest BCUT2D eigenvalue weighted by Crippen LogP contribution is 2.33. The first-order valence-electron chi connectivity index (χ1n) is 10.6. The van der Waals surface area contributed by atoms with E-state index in [1.807, 2.05) is 6.92 Å². The van der Waals surface area contributed by atoms with E-state index in [9.17, 15) is 19.2 Å². The average Bonchev–Trinajstić information content (AvgIpc) is 3.22. The minimum Gasteiger partial charge on any atom is -0.495 e. The fraction of sp³-hybridized carbons (Fsp3) is 0.333. The highest BCUT2D eigenvalue weighted by molar-refractivity contribution is 6.01. The molecule has 0 spiro atoms. The molecule has 1 saturated heterocycles. The first-order valence-corrected chi connectivity index (χ1v) is 10.6. The second-order valence-corrected chi connectivity index (χ2v) is 7.45. The average molecular weight is 454 g/mol. The van der Waals surface area contributed by atoms with Gasteiger partial charge >= 0.3 is 11.9 Å². The first kappa shape index (κ1) is 23.8. The molecule has 0 radical (unpaired) electrons. The number of esters is 2. The van der Waals surface area contributed by atoms with Crippen LogP contribution in [-0.2, 0) is 23.9 Å². The lowest BCUT2D eigenvalue weighted by atomic mass is 10.1. The van der Waals surface area contributed by atoms with Crippen molar-refractivity contribution in [3.63, 3.8) is 0 Å². The van der Waals surface area contributed by atoms with Gasteiger partial charge in [-0.1, -0.05) is 19.1 Å². The van der Waals surface area contributed by atoms with Crippen molar-refractivity contribution < 1.29 is 33.4 Å². The van der Waals surface area contributed by atoms with E-state index in [0.29, 0.717) is 29.3 Å². The van der Waals surface area contributed by atoms with Gasteiger partial charge in [-0.05, 0) is 42.8 Å². The molecular formula is C24H26N2O7. The molecule has 1 fully saturated rings. The minimum absolute atomic E-state index is 0.00586. The number of methoxy groups -OCH3 is 1. The van der Waals surface area contributed by atoms with Gasteiger partial charge in [-0.25, -0.2) is 4.79 Å². The third kappa shape index (κ3) is 6.09. The number of benzene rings is 2. The largest absolute Gasteiger partial charge is 0.495 e. The molecule has 9 nitrogen and oxygen atoms in total. The Hall–Kier alpha value is -3.88. The predicted octanol–water partition coefficient (Wildman–Crippen LogP) is 2.80. The maximum absolute atomic E-state index is 12.4. The van der Waals surface area contributed by atoms with Gasteiger partial charge in [0.05, 0.1) is 30.9 Å². The number of amides is 2. The van der Waals surface area contributed by atoms with Crippen LogP contribution in [0.5, 0.6) is 5.75 Å². The second-order valence-electron chi connectivity index (χ2n) is 7.45. The van der Waals surface area contributed by atoms with E-state index < -0.39 is 30.4 Å². The highest BCUT2D eigenvalue weighted by atomic mass is 16.5. The molecule has 174 valence electrons. The number of rotatable bonds is 9. The van der Waals surface area contributed by atoms with Crippen molar-refractivity contribution >= 4 is 35.1 Å². The van der Waals surface area contributed by atoms with Crippen molar-refractivity contribution in [2.75, 3.05) is 37.1 Å². The molecule has 0 bridgehead atoms. The molecular weight excluding hydrogens is 428 g/mol. The topological polar surface area (TPSA) is 111 Å². The zero-order valence-electron chi connectivity index (χ0n) is 18.5. The van der Waals surface area contributed by atoms with E-state index in [4.69, 9.17) is 14.2 Å². The summed E-state index contributed by atoms with van der Waals surface area (Å²) in [6.45, 7) is 1.90. The Morgan fingerprint density at radius 2 is 1.79 bits per heavy atom. The van der Waals surface area contributed by atoms with Crippen LogP contribution in [0.25, 0.3) is 0 Å². The summed E-state index contributed by atoms with van der Waals surface area (Å²) in [7, 11) is 1.51. The lowest BCUT2D eigenvalue weighted by molar-refractivity contribution is -0.151. The van der Waals surface area contributed by atoms with E-state index in [-0.39, 0.29) is 18.9 Å². The van der Waals surface area contributed by atoms with Gasteiger partial charge in [-0.15, -0.1) is 0 Å². The van der Waals surface area contributed by atoms with Crippen LogP contribution in [0.4, 0.5) is 11.4 Å². The van der Waals surface area contributed by atoms with Gasteiger partial charge in [-0.3, -0.25) is 14.4 Å². The molecule has 1 aliphatic heterocycles. The Morgan fingerprint density at radius 3 is 2.48 bits per heavy atom. The maximum Gasteiger partial charge on any atom is 0.338 e. The van der Waals surface area contributed by atoms with E-state index in [2.05, 4.69) is 5.32 Å². The fourth-order valence-electron chi connectivity index (χ4n) is 3.37. The third-order valence-corrected chi connectivity index (χ3v) is 5.02. The van der Waals surface area contributed by atoms with Crippen molar-refractivity contribution in [3.05, 3.63) is 54.1 Å². The number of hydrogen-bond donors (Lipinski definition) is 1. The second kappa shape index (κ2) is 11.1. The molecule has 2 amide bonds. The quantitative estimate of drug-likeness (QED) is 0.580. The predicted molar refractivity (Wildman–Crippen MR) is 120 cm³/mol. The van der Waals surface area contributed by atoms with E-state index in [0.717, 1.165) is 6.42 Å². The standard InChI is InChI=1S/C24H26N2O7/c1-3-12-32-23(29)16-8-10-18(11-9-16)25-21(27)15-33-24(30)17-13-22(28)26(14-17)19-6-4-5-7-20(19)31-2/h4-11,17H,3,12-15H2,1-2H3,(H,25,27)/t17-/m0/s1. The third-order valence-electron chi connectivity index (χ3n) is 5.02. The van der Waals surface area contributed by atoms with E-state index in [1.165, 1.54) is 24.1 Å². The van der Waals surface area contributed by atoms with Crippen LogP contribution in [0, 0.1) is 5.92 Å². The summed E-state index contributed by atoms with van der Waals surface area (Å²) in [6.07, 6.45) is 0.722. The number of nitrogens with one attached hydrogen (secondary N) is 1. The maximum atomic E-state index is 12.4. The van der Waals surface area contributed by atoms with Crippen LogP contribution in [0.15, 0.2) is 48.5 Å². The molecule has 0 aliphatic carbocycles. The SMILES string of the molecule is CCCOC(=O)c1ccc(NC(=O)COC(=O)[C@H]2CC(=O)N(c3ccccc3OC)C2)cc1. The zero-order chi connectivity index (χ0) is 23.8. The van der Waals surface area contributed by atoms with Crippen LogP contribution < -0.4 is 15.0 Å². The van der Waals surface area contributed by atoms with Gasteiger partial charge in [-0.2, -0.15) is 0 Å². The number of carbonyl (C=O) groups excluding carboxylic acids is 4. The Balaban J connectivity index is 1.49. The lowest BCUT2D eigenvalue weighted by Gasteiger charge is -2.19. The van der Waals surface area contributed by atoms with Crippen molar-refractivity contribution in [1.29, 1.82) is 0 Å². The molecule has 2 aromatic carbocycles. The van der Waals surface area contributed by atoms with Crippen molar-refractivity contribution in [2.24, 2.45) is 5.92 Å². The molecule has 1 heterocycles. The zero-order valence-corrected chi connectivity index (χ0v) is 18.5. The van der Waals surface area contributed by atoms with E-state index in [1.54, 1.807) is 36.4 Å². The van der Waals surface area contributed by atoms with Gasteiger partial charge < -0.3 is 24.4 Å². The molecule has 33 heavy (non-hydrogen) atoms. The number of anilines is 2. The minimum atomic E-state index is -0.677. The van der Waals surface area contributed by atoms with Crippen LogP contribution in [0.1, 0.15) is 30.1 Å². The normalized spacial score (nSPS) is 15.2. The number of para-hydroxylation sites is 2. The molecule has 2 aromatic rings. The number of carbonyl (C=O) groups is 4. The number of hydrogen-bond acceptors (Lipinski definition) is 7. The smallest absolute Gasteiger partial charge is 0.338 e. The molecule has 1 N–H and O–H groups in total.